The Hall–Kier alpha value is -6.73. The maximum atomic E-state index is 12.8. The topological polar surface area (TPSA) is 395 Å². The first-order valence-electron chi connectivity index (χ1n) is 24.4. The fourth-order valence-corrected chi connectivity index (χ4v) is 6.14. The highest BCUT2D eigenvalue weighted by molar-refractivity contribution is 5.94. The van der Waals surface area contributed by atoms with Crippen LogP contribution < -0.4 is 37.6 Å². The number of rotatable bonds is 33. The average Bonchev–Trinajstić information content (AvgIpc) is 3.36. The van der Waals surface area contributed by atoms with Gasteiger partial charge in [0.15, 0.2) is 0 Å². The summed E-state index contributed by atoms with van der Waals surface area (Å²) in [5.41, 5.74) is 6.77. The fraction of sp³-hybridized carbons (Fsp3) is 0.646. The number of aryl methyl sites for hydroxylation is 1. The minimum Gasteiger partial charge on any atom is -0.481 e. The molecule has 0 aromatic heterocycles. The first-order valence-corrected chi connectivity index (χ1v) is 24.4. The van der Waals surface area contributed by atoms with Gasteiger partial charge < -0.3 is 72.3 Å². The van der Waals surface area contributed by atoms with E-state index in [1.807, 2.05) is 26.8 Å². The highest BCUT2D eigenvalue weighted by Crippen LogP contribution is 2.28. The molecule has 1 aliphatic carbocycles. The molecule has 7 amide bonds. The maximum absolute atomic E-state index is 12.8. The lowest BCUT2D eigenvalue weighted by Gasteiger charge is -2.25. The molecule has 73 heavy (non-hydrogen) atoms. The van der Waals surface area contributed by atoms with Crippen molar-refractivity contribution in [1.29, 1.82) is 0 Å². The molecule has 1 unspecified atom stereocenters. The minimum absolute atomic E-state index is 0.0262. The van der Waals surface area contributed by atoms with Crippen molar-refractivity contribution >= 4 is 65.2 Å². The Morgan fingerprint density at radius 1 is 0.603 bits per heavy atom. The van der Waals surface area contributed by atoms with Gasteiger partial charge in [-0.1, -0.05) is 45.4 Å². The van der Waals surface area contributed by atoms with Crippen LogP contribution in [0.5, 0.6) is 0 Å². The number of unbranched alkanes of at least 4 members (excludes halogenated alkanes) is 1. The lowest BCUT2D eigenvalue weighted by Crippen LogP contribution is -2.52. The van der Waals surface area contributed by atoms with Crippen molar-refractivity contribution in [1.82, 2.24) is 31.9 Å². The molecule has 2 atom stereocenters. The van der Waals surface area contributed by atoms with E-state index in [1.54, 1.807) is 32.0 Å². The van der Waals surface area contributed by atoms with Gasteiger partial charge in [0.05, 0.1) is 52.7 Å². The largest absolute Gasteiger partial charge is 0.481 e. The standard InChI is InChI=1S/C40H61N7O14.2C3H6O2.C2H6/c1-26-5-4-6-29(23-26)38(55)42-15-3-2-7-31(40(57)58)47-34(50)25-45-39(56)30(12-13-35(51)52)46-33(49)24-44-32(48)14-17-59-19-21-61-22-20-60-18-16-43-37(54)28-10-8-27(9-11-28)36(41)53;2*1-2-3(4)5;1-2/h4-6,23,27-28,30-31H,2-3,7-22,24-25H2,1H3,(H2,41,53)(H,42,55)(H,43,54)(H,44,48)(H,45,56)(H,46,49)(H,47,50)(H,51,52)(H,57,58);2*2H2,1H3,(H,4,5);1-2H3/t27?,28?,30-,31?;;;/m1.../s1. The Morgan fingerprint density at radius 3 is 1.64 bits per heavy atom. The molecule has 1 aromatic carbocycles. The summed E-state index contributed by atoms with van der Waals surface area (Å²) in [6.07, 6.45) is 2.89. The summed E-state index contributed by atoms with van der Waals surface area (Å²) < 4.78 is 16.2. The Morgan fingerprint density at radius 2 is 1.12 bits per heavy atom. The predicted molar refractivity (Wildman–Crippen MR) is 264 cm³/mol. The normalized spacial score (nSPS) is 14.2. The second kappa shape index (κ2) is 42.9. The van der Waals surface area contributed by atoms with Gasteiger partial charge >= 0.3 is 23.9 Å². The third kappa shape index (κ3) is 37.7. The molecule has 0 saturated heterocycles. The molecule has 0 aliphatic heterocycles. The molecule has 0 heterocycles. The van der Waals surface area contributed by atoms with Crippen LogP contribution in [0.15, 0.2) is 24.3 Å². The zero-order valence-corrected chi connectivity index (χ0v) is 42.8. The Kier molecular flexibility index (Phi) is 40.2. The fourth-order valence-electron chi connectivity index (χ4n) is 6.14. The number of hydrogen-bond acceptors (Lipinski definition) is 14. The maximum Gasteiger partial charge on any atom is 0.326 e. The van der Waals surface area contributed by atoms with Gasteiger partial charge in [-0.15, -0.1) is 0 Å². The van der Waals surface area contributed by atoms with Crippen LogP contribution in [-0.2, 0) is 62.2 Å². The van der Waals surface area contributed by atoms with Crippen molar-refractivity contribution < 1.29 is 87.4 Å². The first-order chi connectivity index (χ1) is 34.7. The zero-order valence-electron chi connectivity index (χ0n) is 42.8. The van der Waals surface area contributed by atoms with E-state index in [0.29, 0.717) is 63.8 Å². The summed E-state index contributed by atoms with van der Waals surface area (Å²) in [4.78, 5) is 127. The monoisotopic (exact) mass is 1040 g/mol. The summed E-state index contributed by atoms with van der Waals surface area (Å²) in [5, 5.41) is 49.0. The molecule has 1 aliphatic rings. The van der Waals surface area contributed by atoms with Gasteiger partial charge in [-0.3, -0.25) is 47.9 Å². The molecule has 12 N–H and O–H groups in total. The van der Waals surface area contributed by atoms with Crippen molar-refractivity contribution in [2.24, 2.45) is 17.6 Å². The number of benzene rings is 1. The van der Waals surface area contributed by atoms with Gasteiger partial charge in [-0.25, -0.2) is 4.79 Å². The Bertz CT molecular complexity index is 1850. The van der Waals surface area contributed by atoms with E-state index in [0.717, 1.165) is 5.56 Å². The highest BCUT2D eigenvalue weighted by atomic mass is 16.5. The van der Waals surface area contributed by atoms with E-state index in [9.17, 15) is 57.8 Å². The van der Waals surface area contributed by atoms with E-state index < -0.39 is 79.1 Å². The van der Waals surface area contributed by atoms with Crippen LogP contribution in [0.2, 0.25) is 0 Å². The number of carboxylic acids is 4. The summed E-state index contributed by atoms with van der Waals surface area (Å²) in [5.74, 6) is -8.00. The Balaban J connectivity index is 0. The minimum atomic E-state index is -1.38. The van der Waals surface area contributed by atoms with Crippen LogP contribution in [0.1, 0.15) is 121 Å². The van der Waals surface area contributed by atoms with Gasteiger partial charge in [0, 0.05) is 56.2 Å². The lowest BCUT2D eigenvalue weighted by molar-refractivity contribution is -0.142. The number of hydrogen-bond donors (Lipinski definition) is 11. The number of nitrogens with one attached hydrogen (secondary N) is 6. The molecule has 1 fully saturated rings. The average molecular weight is 1040 g/mol. The summed E-state index contributed by atoms with van der Waals surface area (Å²) in [6.45, 7) is 9.85. The third-order valence-corrected chi connectivity index (χ3v) is 10.2. The number of carbonyl (C=O) groups is 11. The number of nitrogens with two attached hydrogens (primary N) is 1. The molecule has 2 rings (SSSR count). The van der Waals surface area contributed by atoms with Gasteiger partial charge in [0.2, 0.25) is 35.4 Å². The van der Waals surface area contributed by atoms with Crippen molar-refractivity contribution in [3.05, 3.63) is 35.4 Å². The zero-order chi connectivity index (χ0) is 55.6. The summed E-state index contributed by atoms with van der Waals surface area (Å²) >= 11 is 0. The quantitative estimate of drug-likeness (QED) is 0.0435. The van der Waals surface area contributed by atoms with Crippen LogP contribution in [0, 0.1) is 18.8 Å². The third-order valence-electron chi connectivity index (χ3n) is 10.2. The number of aliphatic carboxylic acids is 4. The van der Waals surface area contributed by atoms with E-state index in [-0.39, 0.29) is 94.6 Å². The molecule has 0 spiro atoms. The number of carbonyl (C=O) groups excluding carboxylic acids is 7. The van der Waals surface area contributed by atoms with Crippen molar-refractivity contribution in [3.8, 4) is 0 Å². The van der Waals surface area contributed by atoms with Crippen LogP contribution in [-0.4, -0.2) is 164 Å². The molecular formula is C48H79N7O18. The second-order valence-corrected chi connectivity index (χ2v) is 16.0. The molecule has 0 bridgehead atoms. The van der Waals surface area contributed by atoms with E-state index in [2.05, 4.69) is 31.9 Å². The molecule has 1 saturated carbocycles. The molecule has 25 nitrogen and oxygen atoms in total. The highest BCUT2D eigenvalue weighted by Gasteiger charge is 2.29. The molecule has 25 heteroatoms. The molecule has 414 valence electrons. The predicted octanol–water partition coefficient (Wildman–Crippen LogP) is 0.883. The van der Waals surface area contributed by atoms with E-state index >= 15 is 0 Å². The van der Waals surface area contributed by atoms with Crippen molar-refractivity contribution in [2.75, 3.05) is 65.8 Å². The van der Waals surface area contributed by atoms with E-state index in [1.165, 1.54) is 0 Å². The smallest absolute Gasteiger partial charge is 0.326 e. The van der Waals surface area contributed by atoms with Gasteiger partial charge in [0.1, 0.15) is 12.1 Å². The molecule has 0 radical (unpaired) electrons. The molecular weight excluding hydrogens is 963 g/mol. The number of ether oxygens (including phenoxy) is 3. The lowest BCUT2D eigenvalue weighted by atomic mass is 9.81. The first kappa shape index (κ1) is 68.3. The van der Waals surface area contributed by atoms with Crippen LogP contribution in [0.3, 0.4) is 0 Å². The van der Waals surface area contributed by atoms with Gasteiger partial charge in [0.25, 0.3) is 5.91 Å². The Labute approximate surface area is 426 Å². The number of amides is 7. The van der Waals surface area contributed by atoms with Gasteiger partial charge in [-0.05, 0) is 70.4 Å². The van der Waals surface area contributed by atoms with Gasteiger partial charge in [-0.2, -0.15) is 0 Å². The van der Waals surface area contributed by atoms with Crippen molar-refractivity contribution in [2.45, 2.75) is 124 Å². The second-order valence-electron chi connectivity index (χ2n) is 16.0. The summed E-state index contributed by atoms with van der Waals surface area (Å²) in [6, 6.07) is 4.40. The van der Waals surface area contributed by atoms with Crippen molar-refractivity contribution in [3.63, 3.8) is 0 Å². The summed E-state index contributed by atoms with van der Waals surface area (Å²) in [7, 11) is 0. The SMILES string of the molecule is CC.CCC(=O)O.CCC(=O)O.Cc1cccc(C(=O)NCCCCC(NC(=O)CNC(=O)[C@@H](CCC(=O)O)NC(=O)CNC(=O)CCOCCOCCOCCNC(=O)C2CCC(C(N)=O)CC2)C(=O)O)c1. The number of primary amides is 1. The van der Waals surface area contributed by atoms with Crippen LogP contribution in [0.4, 0.5) is 0 Å². The number of carboxylic acid groups (broad SMARTS) is 4. The molecule has 1 aromatic rings. The van der Waals surface area contributed by atoms with E-state index in [4.69, 9.17) is 35.3 Å². The van der Waals surface area contributed by atoms with Crippen LogP contribution in [0.25, 0.3) is 0 Å². The van der Waals surface area contributed by atoms with Crippen LogP contribution >= 0.6 is 0 Å².